The molecular formula is C21H22ClN3O5. The summed E-state index contributed by atoms with van der Waals surface area (Å²) in [4.78, 5) is 36.3. The van der Waals surface area contributed by atoms with Crippen LogP contribution in [0.15, 0.2) is 51.7 Å². The van der Waals surface area contributed by atoms with Crippen molar-refractivity contribution in [2.24, 2.45) is 0 Å². The largest absolute Gasteiger partial charge is 0.444 e. The molecule has 0 aliphatic carbocycles. The van der Waals surface area contributed by atoms with Gasteiger partial charge in [0.2, 0.25) is 5.91 Å². The molecule has 30 heavy (non-hydrogen) atoms. The lowest BCUT2D eigenvalue weighted by Gasteiger charge is -2.19. The maximum Gasteiger partial charge on any atom is 0.420 e. The van der Waals surface area contributed by atoms with Crippen molar-refractivity contribution < 1.29 is 18.7 Å². The average molecular weight is 432 g/mol. The van der Waals surface area contributed by atoms with Crippen LogP contribution in [0.2, 0.25) is 5.02 Å². The lowest BCUT2D eigenvalue weighted by Crippen LogP contribution is -2.30. The van der Waals surface area contributed by atoms with Gasteiger partial charge in [0.25, 0.3) is 0 Å². The molecular weight excluding hydrogens is 410 g/mol. The fourth-order valence-corrected chi connectivity index (χ4v) is 2.93. The Morgan fingerprint density at radius 1 is 1.17 bits per heavy atom. The molecule has 9 heteroatoms. The lowest BCUT2D eigenvalue weighted by atomic mass is 10.2. The number of carbonyl (C=O) groups excluding carboxylic acids is 2. The Bertz CT molecular complexity index is 1140. The molecule has 0 saturated heterocycles. The number of benzene rings is 2. The maximum absolute atomic E-state index is 12.3. The van der Waals surface area contributed by atoms with E-state index >= 15 is 0 Å². The molecule has 0 aliphatic heterocycles. The minimum Gasteiger partial charge on any atom is -0.444 e. The molecule has 2 N–H and O–H groups in total. The Labute approximate surface area is 177 Å². The number of fused-ring (bicyclic) bond motifs is 1. The molecule has 0 fully saturated rings. The molecule has 3 aromatic rings. The Morgan fingerprint density at radius 3 is 2.67 bits per heavy atom. The second-order valence-corrected chi connectivity index (χ2v) is 8.11. The van der Waals surface area contributed by atoms with Crippen LogP contribution in [-0.4, -0.2) is 22.2 Å². The monoisotopic (exact) mass is 431 g/mol. The summed E-state index contributed by atoms with van der Waals surface area (Å²) in [5.74, 6) is -0.994. The molecule has 1 aromatic heterocycles. The van der Waals surface area contributed by atoms with E-state index in [0.29, 0.717) is 21.8 Å². The van der Waals surface area contributed by atoms with Crippen LogP contribution in [0.1, 0.15) is 26.3 Å². The van der Waals surface area contributed by atoms with Crippen molar-refractivity contribution in [2.75, 3.05) is 5.32 Å². The van der Waals surface area contributed by atoms with E-state index in [-0.39, 0.29) is 19.0 Å². The first-order valence-electron chi connectivity index (χ1n) is 9.25. The van der Waals surface area contributed by atoms with E-state index in [2.05, 4.69) is 10.6 Å². The van der Waals surface area contributed by atoms with Crippen molar-refractivity contribution in [3.63, 3.8) is 0 Å². The number of hydrogen-bond acceptors (Lipinski definition) is 5. The smallest absolute Gasteiger partial charge is 0.420 e. The first-order valence-corrected chi connectivity index (χ1v) is 9.63. The van der Waals surface area contributed by atoms with Gasteiger partial charge in [-0.25, -0.2) is 9.59 Å². The summed E-state index contributed by atoms with van der Waals surface area (Å²) in [6, 6.07) is 11.8. The van der Waals surface area contributed by atoms with Crippen molar-refractivity contribution in [1.82, 2.24) is 9.88 Å². The molecule has 0 spiro atoms. The molecule has 0 unspecified atom stereocenters. The van der Waals surface area contributed by atoms with Crippen LogP contribution >= 0.6 is 11.6 Å². The minimum atomic E-state index is -0.633. The summed E-state index contributed by atoms with van der Waals surface area (Å²) in [5, 5.41) is 5.84. The Kier molecular flexibility index (Phi) is 6.17. The standard InChI is InChI=1S/C21H22ClN3O5/c1-21(2,3)30-19(27)24-15-6-4-5-13(9-15)11-23-18(26)12-25-16-8-7-14(22)10-17(16)29-20(25)28/h4-10H,11-12H2,1-3H3,(H,23,26)(H,24,27). The van der Waals surface area contributed by atoms with Gasteiger partial charge < -0.3 is 14.5 Å². The predicted octanol–water partition coefficient (Wildman–Crippen LogP) is 3.91. The number of nitrogens with one attached hydrogen (secondary N) is 2. The van der Waals surface area contributed by atoms with Crippen LogP contribution in [0.25, 0.3) is 11.1 Å². The fourth-order valence-electron chi connectivity index (χ4n) is 2.77. The van der Waals surface area contributed by atoms with E-state index in [0.717, 1.165) is 5.56 Å². The summed E-state index contributed by atoms with van der Waals surface area (Å²) >= 11 is 5.89. The van der Waals surface area contributed by atoms with Gasteiger partial charge in [-0.3, -0.25) is 14.7 Å². The normalized spacial score (nSPS) is 11.3. The summed E-state index contributed by atoms with van der Waals surface area (Å²) in [6.45, 7) is 5.37. The van der Waals surface area contributed by atoms with Gasteiger partial charge in [-0.15, -0.1) is 0 Å². The van der Waals surface area contributed by atoms with Crippen LogP contribution < -0.4 is 16.4 Å². The molecule has 2 amide bonds. The number of amides is 2. The quantitative estimate of drug-likeness (QED) is 0.637. The first kappa shape index (κ1) is 21.4. The summed E-state index contributed by atoms with van der Waals surface area (Å²) in [5.41, 5.74) is 1.53. The summed E-state index contributed by atoms with van der Waals surface area (Å²) < 4.78 is 11.6. The van der Waals surface area contributed by atoms with Gasteiger partial charge in [0.05, 0.1) is 5.52 Å². The van der Waals surface area contributed by atoms with Gasteiger partial charge in [-0.2, -0.15) is 0 Å². The fraction of sp³-hybridized carbons (Fsp3) is 0.286. The van der Waals surface area contributed by atoms with Crippen LogP contribution in [-0.2, 0) is 22.6 Å². The Balaban J connectivity index is 1.61. The van der Waals surface area contributed by atoms with Crippen molar-refractivity contribution in [3.05, 3.63) is 63.6 Å². The zero-order chi connectivity index (χ0) is 21.9. The van der Waals surface area contributed by atoms with E-state index < -0.39 is 17.5 Å². The number of ether oxygens (including phenoxy) is 1. The second kappa shape index (κ2) is 8.62. The number of nitrogens with zero attached hydrogens (tertiary/aromatic N) is 1. The van der Waals surface area contributed by atoms with Crippen LogP contribution in [0.4, 0.5) is 10.5 Å². The minimum absolute atomic E-state index is 0.191. The number of hydrogen-bond donors (Lipinski definition) is 2. The zero-order valence-corrected chi connectivity index (χ0v) is 17.6. The molecule has 158 valence electrons. The predicted molar refractivity (Wildman–Crippen MR) is 114 cm³/mol. The maximum atomic E-state index is 12.3. The van der Waals surface area contributed by atoms with E-state index in [9.17, 15) is 14.4 Å². The zero-order valence-electron chi connectivity index (χ0n) is 16.8. The van der Waals surface area contributed by atoms with E-state index in [4.69, 9.17) is 20.8 Å². The number of halogens is 1. The number of rotatable bonds is 5. The van der Waals surface area contributed by atoms with Gasteiger partial charge in [0, 0.05) is 23.3 Å². The molecule has 1 heterocycles. The molecule has 8 nitrogen and oxygen atoms in total. The molecule has 3 rings (SSSR count). The van der Waals surface area contributed by atoms with Crippen LogP contribution in [0.3, 0.4) is 0 Å². The highest BCUT2D eigenvalue weighted by Crippen LogP contribution is 2.18. The molecule has 0 radical (unpaired) electrons. The van der Waals surface area contributed by atoms with E-state index in [1.807, 2.05) is 6.07 Å². The Morgan fingerprint density at radius 2 is 1.93 bits per heavy atom. The number of anilines is 1. The Hall–Kier alpha value is -3.26. The topological polar surface area (TPSA) is 103 Å². The van der Waals surface area contributed by atoms with Crippen molar-refractivity contribution in [3.8, 4) is 0 Å². The number of aromatic nitrogens is 1. The molecule has 2 aromatic carbocycles. The molecule has 0 bridgehead atoms. The van der Waals surface area contributed by atoms with Gasteiger partial charge >= 0.3 is 11.8 Å². The van der Waals surface area contributed by atoms with Crippen LogP contribution in [0.5, 0.6) is 0 Å². The SMILES string of the molecule is CC(C)(C)OC(=O)Nc1cccc(CNC(=O)Cn2c(=O)oc3cc(Cl)ccc32)c1. The van der Waals surface area contributed by atoms with Crippen LogP contribution in [0, 0.1) is 0 Å². The van der Waals surface area contributed by atoms with Gasteiger partial charge in [0.15, 0.2) is 5.58 Å². The number of carbonyl (C=O) groups is 2. The van der Waals surface area contributed by atoms with Gasteiger partial charge in [-0.1, -0.05) is 23.7 Å². The highest BCUT2D eigenvalue weighted by Gasteiger charge is 2.16. The van der Waals surface area contributed by atoms with Gasteiger partial charge in [-0.05, 0) is 50.6 Å². The van der Waals surface area contributed by atoms with E-state index in [1.165, 1.54) is 10.6 Å². The first-order chi connectivity index (χ1) is 14.1. The third-order valence-electron chi connectivity index (χ3n) is 3.99. The van der Waals surface area contributed by atoms with Crippen molar-refractivity contribution >= 4 is 40.4 Å². The summed E-state index contributed by atoms with van der Waals surface area (Å²) in [7, 11) is 0. The van der Waals surface area contributed by atoms with E-state index in [1.54, 1.807) is 51.1 Å². The molecule has 0 atom stereocenters. The summed E-state index contributed by atoms with van der Waals surface area (Å²) in [6.07, 6.45) is -0.560. The molecule has 0 aliphatic rings. The highest BCUT2D eigenvalue weighted by atomic mass is 35.5. The molecule has 0 saturated carbocycles. The van der Waals surface area contributed by atoms with Crippen molar-refractivity contribution in [2.45, 2.75) is 39.5 Å². The number of oxazole rings is 1. The third-order valence-corrected chi connectivity index (χ3v) is 4.23. The van der Waals surface area contributed by atoms with Gasteiger partial charge in [0.1, 0.15) is 12.1 Å². The third kappa shape index (κ3) is 5.64. The highest BCUT2D eigenvalue weighted by molar-refractivity contribution is 6.31. The lowest BCUT2D eigenvalue weighted by molar-refractivity contribution is -0.121. The average Bonchev–Trinajstić information content (AvgIpc) is 2.93. The second-order valence-electron chi connectivity index (χ2n) is 7.67. The van der Waals surface area contributed by atoms with Crippen molar-refractivity contribution in [1.29, 1.82) is 0 Å².